The SMILES string of the molecule is NC1(C(=O)Nc2ccc([N+](=O)[O-])cc2Cl)CCCCC1. The molecule has 0 radical (unpaired) electrons. The molecule has 0 unspecified atom stereocenters. The van der Waals surface area contributed by atoms with Gasteiger partial charge >= 0.3 is 0 Å². The number of anilines is 1. The number of nitrogens with one attached hydrogen (secondary N) is 1. The zero-order valence-electron chi connectivity index (χ0n) is 10.9. The van der Waals surface area contributed by atoms with Crippen LogP contribution < -0.4 is 11.1 Å². The van der Waals surface area contributed by atoms with Crippen LogP contribution in [-0.2, 0) is 4.79 Å². The van der Waals surface area contributed by atoms with Gasteiger partial charge in [-0.25, -0.2) is 0 Å². The summed E-state index contributed by atoms with van der Waals surface area (Å²) in [4.78, 5) is 22.3. The number of carbonyl (C=O) groups is 1. The third-order valence-corrected chi connectivity index (χ3v) is 3.92. The molecule has 1 saturated carbocycles. The largest absolute Gasteiger partial charge is 0.323 e. The molecule has 0 aliphatic heterocycles. The zero-order chi connectivity index (χ0) is 14.8. The summed E-state index contributed by atoms with van der Waals surface area (Å²) in [6.07, 6.45) is 4.23. The van der Waals surface area contributed by atoms with E-state index in [2.05, 4.69) is 5.32 Å². The highest BCUT2D eigenvalue weighted by Gasteiger charge is 2.35. The Morgan fingerprint density at radius 3 is 2.55 bits per heavy atom. The smallest absolute Gasteiger partial charge is 0.271 e. The normalized spacial score (nSPS) is 17.5. The Morgan fingerprint density at radius 1 is 1.35 bits per heavy atom. The second kappa shape index (κ2) is 5.76. The van der Waals surface area contributed by atoms with Gasteiger partial charge in [-0.3, -0.25) is 14.9 Å². The van der Waals surface area contributed by atoms with Crippen molar-refractivity contribution >= 4 is 28.9 Å². The van der Waals surface area contributed by atoms with Crippen LogP contribution >= 0.6 is 11.6 Å². The second-order valence-electron chi connectivity index (χ2n) is 5.09. The quantitative estimate of drug-likeness (QED) is 0.662. The predicted molar refractivity (Wildman–Crippen MR) is 76.7 cm³/mol. The fraction of sp³-hybridized carbons (Fsp3) is 0.462. The van der Waals surface area contributed by atoms with E-state index in [0.717, 1.165) is 19.3 Å². The summed E-state index contributed by atoms with van der Waals surface area (Å²) in [5, 5.41) is 13.4. The van der Waals surface area contributed by atoms with Crippen LogP contribution in [0.4, 0.5) is 11.4 Å². The van der Waals surface area contributed by atoms with Gasteiger partial charge in [0.05, 0.1) is 21.2 Å². The highest BCUT2D eigenvalue weighted by Crippen LogP contribution is 2.30. The van der Waals surface area contributed by atoms with Gasteiger partial charge in [0.25, 0.3) is 5.69 Å². The summed E-state index contributed by atoms with van der Waals surface area (Å²) in [7, 11) is 0. The van der Waals surface area contributed by atoms with Crippen molar-refractivity contribution in [3.8, 4) is 0 Å². The number of rotatable bonds is 3. The van der Waals surface area contributed by atoms with Gasteiger partial charge in [-0.05, 0) is 18.9 Å². The number of hydrogen-bond donors (Lipinski definition) is 2. The van der Waals surface area contributed by atoms with Gasteiger partial charge in [-0.15, -0.1) is 0 Å². The van der Waals surface area contributed by atoms with Crippen molar-refractivity contribution < 1.29 is 9.72 Å². The molecule has 0 saturated heterocycles. The Bertz CT molecular complexity index is 542. The third kappa shape index (κ3) is 3.08. The van der Waals surface area contributed by atoms with Crippen molar-refractivity contribution in [2.75, 3.05) is 5.32 Å². The molecule has 0 bridgehead atoms. The van der Waals surface area contributed by atoms with Crippen molar-refractivity contribution in [3.63, 3.8) is 0 Å². The molecule has 0 aromatic heterocycles. The standard InChI is InChI=1S/C13H16ClN3O3/c14-10-8-9(17(19)20)4-5-11(10)16-12(18)13(15)6-2-1-3-7-13/h4-5,8H,1-3,6-7,15H2,(H,16,18). The van der Waals surface area contributed by atoms with Crippen molar-refractivity contribution in [1.82, 2.24) is 0 Å². The van der Waals surface area contributed by atoms with E-state index in [9.17, 15) is 14.9 Å². The van der Waals surface area contributed by atoms with E-state index in [4.69, 9.17) is 17.3 Å². The van der Waals surface area contributed by atoms with E-state index in [1.807, 2.05) is 0 Å². The van der Waals surface area contributed by atoms with Crippen LogP contribution in [0.5, 0.6) is 0 Å². The number of non-ortho nitro benzene ring substituents is 1. The molecular weight excluding hydrogens is 282 g/mol. The number of nitro groups is 1. The Labute approximate surface area is 121 Å². The zero-order valence-corrected chi connectivity index (χ0v) is 11.7. The predicted octanol–water partition coefficient (Wildman–Crippen LogP) is 2.85. The monoisotopic (exact) mass is 297 g/mol. The van der Waals surface area contributed by atoms with Crippen molar-refractivity contribution in [3.05, 3.63) is 33.3 Å². The number of hydrogen-bond acceptors (Lipinski definition) is 4. The van der Waals surface area contributed by atoms with Gasteiger partial charge in [0.1, 0.15) is 0 Å². The first-order chi connectivity index (χ1) is 9.42. The van der Waals surface area contributed by atoms with E-state index in [1.54, 1.807) is 0 Å². The average Bonchev–Trinajstić information content (AvgIpc) is 2.41. The van der Waals surface area contributed by atoms with Crippen LogP contribution in [0, 0.1) is 10.1 Å². The molecule has 3 N–H and O–H groups in total. The van der Waals surface area contributed by atoms with Gasteiger partial charge < -0.3 is 11.1 Å². The first-order valence-corrected chi connectivity index (χ1v) is 6.84. The molecule has 2 rings (SSSR count). The average molecular weight is 298 g/mol. The molecule has 0 atom stereocenters. The Kier molecular flexibility index (Phi) is 4.25. The summed E-state index contributed by atoms with van der Waals surface area (Å²) in [6, 6.07) is 3.93. The number of nitrogens with two attached hydrogens (primary N) is 1. The second-order valence-corrected chi connectivity index (χ2v) is 5.50. The van der Waals surface area contributed by atoms with Crippen LogP contribution in [0.1, 0.15) is 32.1 Å². The Hall–Kier alpha value is -1.66. The molecule has 1 fully saturated rings. The Morgan fingerprint density at radius 2 is 2.00 bits per heavy atom. The van der Waals surface area contributed by atoms with Gasteiger partial charge in [-0.1, -0.05) is 30.9 Å². The lowest BCUT2D eigenvalue weighted by Gasteiger charge is -2.31. The maximum Gasteiger partial charge on any atom is 0.271 e. The number of benzene rings is 1. The van der Waals surface area contributed by atoms with Gasteiger partial charge in [0.15, 0.2) is 0 Å². The van der Waals surface area contributed by atoms with E-state index < -0.39 is 10.5 Å². The summed E-state index contributed by atoms with van der Waals surface area (Å²) in [6.45, 7) is 0. The van der Waals surface area contributed by atoms with Gasteiger partial charge in [0.2, 0.25) is 5.91 Å². The summed E-state index contributed by atoms with van der Waals surface area (Å²) < 4.78 is 0. The molecule has 1 aliphatic rings. The molecular formula is C13H16ClN3O3. The van der Waals surface area contributed by atoms with Crippen LogP contribution in [0.2, 0.25) is 5.02 Å². The third-order valence-electron chi connectivity index (χ3n) is 3.61. The maximum atomic E-state index is 12.2. The van der Waals surface area contributed by atoms with E-state index in [-0.39, 0.29) is 16.6 Å². The minimum absolute atomic E-state index is 0.117. The molecule has 1 amide bonds. The van der Waals surface area contributed by atoms with Gasteiger partial charge in [-0.2, -0.15) is 0 Å². The number of nitro benzene ring substituents is 1. The Balaban J connectivity index is 2.13. The number of nitrogens with zero attached hydrogens (tertiary/aromatic N) is 1. The van der Waals surface area contributed by atoms with Crippen molar-refractivity contribution in [2.45, 2.75) is 37.6 Å². The number of carbonyl (C=O) groups excluding carboxylic acids is 1. The molecule has 7 heteroatoms. The van der Waals surface area contributed by atoms with Crippen LogP contribution in [0.15, 0.2) is 18.2 Å². The minimum atomic E-state index is -0.872. The van der Waals surface area contributed by atoms with Crippen molar-refractivity contribution in [2.24, 2.45) is 5.73 Å². The maximum absolute atomic E-state index is 12.2. The molecule has 108 valence electrons. The van der Waals surface area contributed by atoms with E-state index in [1.165, 1.54) is 18.2 Å². The topological polar surface area (TPSA) is 98.3 Å². The molecule has 6 nitrogen and oxygen atoms in total. The number of halogens is 1. The van der Waals surface area contributed by atoms with Gasteiger partial charge in [0, 0.05) is 12.1 Å². The highest BCUT2D eigenvalue weighted by atomic mass is 35.5. The molecule has 0 spiro atoms. The van der Waals surface area contributed by atoms with E-state index in [0.29, 0.717) is 18.5 Å². The highest BCUT2D eigenvalue weighted by molar-refractivity contribution is 6.34. The van der Waals surface area contributed by atoms with Crippen LogP contribution in [0.3, 0.4) is 0 Å². The molecule has 1 aromatic carbocycles. The van der Waals surface area contributed by atoms with Crippen LogP contribution in [0.25, 0.3) is 0 Å². The van der Waals surface area contributed by atoms with Crippen molar-refractivity contribution in [1.29, 1.82) is 0 Å². The number of amides is 1. The lowest BCUT2D eigenvalue weighted by molar-refractivity contribution is -0.384. The summed E-state index contributed by atoms with van der Waals surface area (Å²) >= 11 is 5.94. The lowest BCUT2D eigenvalue weighted by atomic mass is 9.82. The molecule has 0 heterocycles. The fourth-order valence-corrected chi connectivity index (χ4v) is 2.60. The first-order valence-electron chi connectivity index (χ1n) is 6.47. The minimum Gasteiger partial charge on any atom is -0.323 e. The van der Waals surface area contributed by atoms with Crippen LogP contribution in [-0.4, -0.2) is 16.4 Å². The fourth-order valence-electron chi connectivity index (χ4n) is 2.38. The summed E-state index contributed by atoms with van der Waals surface area (Å²) in [5.41, 5.74) is 5.47. The molecule has 1 aromatic rings. The van der Waals surface area contributed by atoms with E-state index >= 15 is 0 Å². The lowest BCUT2D eigenvalue weighted by Crippen LogP contribution is -2.52. The molecule has 1 aliphatic carbocycles. The molecule has 20 heavy (non-hydrogen) atoms. The first kappa shape index (κ1) is 14.7. The summed E-state index contributed by atoms with van der Waals surface area (Å²) in [5.74, 6) is -0.284.